The van der Waals surface area contributed by atoms with Gasteiger partial charge < -0.3 is 9.05 Å². The van der Waals surface area contributed by atoms with Crippen LogP contribution in [0.1, 0.15) is 41.5 Å². The highest BCUT2D eigenvalue weighted by atomic mass is 28.4. The fourth-order valence-corrected chi connectivity index (χ4v) is 14.8. The van der Waals surface area contributed by atoms with Crippen LogP contribution in [0.15, 0.2) is 216 Å². The fourth-order valence-electron chi connectivity index (χ4n) is 7.72. The van der Waals surface area contributed by atoms with Gasteiger partial charge in [-0.3, -0.25) is 0 Å². The van der Waals surface area contributed by atoms with E-state index in [0.29, 0.717) is 11.4 Å². The van der Waals surface area contributed by atoms with E-state index in [1.807, 2.05) is 18.2 Å². The van der Waals surface area contributed by atoms with Gasteiger partial charge in [-0.05, 0) is 59.2 Å². The molecule has 4 nitrogen and oxygen atoms in total. The molecule has 0 N–H and O–H groups in total. The number of benzene rings is 6. The molecule has 0 aliphatic heterocycles. The van der Waals surface area contributed by atoms with Crippen LogP contribution in [-0.2, 0) is 9.05 Å². The van der Waals surface area contributed by atoms with Gasteiger partial charge in [0.05, 0.1) is 0 Å². The van der Waals surface area contributed by atoms with E-state index in [0.717, 1.165) is 36.7 Å². The molecule has 0 saturated heterocycles. The highest BCUT2D eigenvalue weighted by molar-refractivity contribution is 7.07. The molecule has 280 valence electrons. The van der Waals surface area contributed by atoms with E-state index in [4.69, 9.17) is 19.4 Å². The summed E-state index contributed by atoms with van der Waals surface area (Å²) in [5.41, 5.74) is 3.07. The first-order chi connectivity index (χ1) is 27.0. The van der Waals surface area contributed by atoms with Gasteiger partial charge in [0.15, 0.2) is 0 Å². The molecule has 0 bridgehead atoms. The fraction of sp³-hybridized carbons (Fsp3) is 0.160. The van der Waals surface area contributed by atoms with Crippen molar-refractivity contribution in [2.45, 2.75) is 41.5 Å². The molecule has 0 aromatic heterocycles. The van der Waals surface area contributed by atoms with E-state index >= 15 is 0 Å². The number of hydrogen-bond acceptors (Lipinski definition) is 4. The zero-order valence-electron chi connectivity index (χ0n) is 33.2. The second kappa shape index (κ2) is 16.1. The largest absolute Gasteiger partial charge is 0.437 e. The van der Waals surface area contributed by atoms with Crippen LogP contribution in [0.2, 0.25) is 0 Å². The maximum absolute atomic E-state index is 7.36. The molecule has 1 aliphatic carbocycles. The summed E-state index contributed by atoms with van der Waals surface area (Å²) in [6, 6.07) is 63.3. The molecular weight excluding hydrogens is 717 g/mol. The smallest absolute Gasteiger partial charge is 0.380 e. The SMILES string of the molecule is CC(C)(C)C1=C(C(C)(C)C)C(=NO[Si](c2ccccc2)(c2ccccc2)c2ccccc2)C(=NO[Si](c2ccccc2)(c2ccccc2)c2ccccc2)C=C1. The maximum Gasteiger partial charge on any atom is 0.380 e. The lowest BCUT2D eigenvalue weighted by Crippen LogP contribution is -2.69. The molecule has 0 heterocycles. The minimum absolute atomic E-state index is 0.185. The average Bonchev–Trinajstić information content (AvgIpc) is 3.23. The molecule has 6 aromatic carbocycles. The normalized spacial score (nSPS) is 15.2. The summed E-state index contributed by atoms with van der Waals surface area (Å²) in [6.45, 7) is 13.5. The molecular formula is C50H50N2O2Si2. The van der Waals surface area contributed by atoms with Crippen molar-refractivity contribution in [3.63, 3.8) is 0 Å². The number of rotatable bonds is 10. The predicted octanol–water partition coefficient (Wildman–Crippen LogP) is 8.02. The van der Waals surface area contributed by atoms with Gasteiger partial charge in [0.25, 0.3) is 0 Å². The summed E-state index contributed by atoms with van der Waals surface area (Å²) >= 11 is 0. The van der Waals surface area contributed by atoms with Crippen LogP contribution in [0.25, 0.3) is 0 Å². The van der Waals surface area contributed by atoms with E-state index in [1.165, 1.54) is 5.57 Å². The van der Waals surface area contributed by atoms with Crippen LogP contribution in [-0.4, -0.2) is 28.1 Å². The van der Waals surface area contributed by atoms with Crippen LogP contribution in [0.3, 0.4) is 0 Å². The van der Waals surface area contributed by atoms with E-state index in [9.17, 15) is 0 Å². The molecule has 6 aromatic rings. The Hall–Kier alpha value is -5.83. The Morgan fingerprint density at radius 2 is 0.643 bits per heavy atom. The molecule has 0 unspecified atom stereocenters. The Kier molecular flexibility index (Phi) is 11.1. The summed E-state index contributed by atoms with van der Waals surface area (Å²) in [4.78, 5) is 0. The van der Waals surface area contributed by atoms with E-state index in [1.54, 1.807) is 0 Å². The number of allylic oxidation sites excluding steroid dienone is 4. The van der Waals surface area contributed by atoms with Gasteiger partial charge in [-0.15, -0.1) is 0 Å². The summed E-state index contributed by atoms with van der Waals surface area (Å²) in [5.74, 6) is 0. The maximum atomic E-state index is 7.36. The topological polar surface area (TPSA) is 43.2 Å². The summed E-state index contributed by atoms with van der Waals surface area (Å²) in [6.07, 6.45) is 4.27. The molecule has 7 rings (SSSR count). The van der Waals surface area contributed by atoms with Crippen molar-refractivity contribution in [2.24, 2.45) is 21.1 Å². The molecule has 0 amide bonds. The predicted molar refractivity (Wildman–Crippen MR) is 240 cm³/mol. The lowest BCUT2D eigenvalue weighted by Gasteiger charge is -2.36. The second-order valence-corrected chi connectivity index (χ2v) is 22.8. The monoisotopic (exact) mass is 766 g/mol. The first kappa shape index (κ1) is 38.4. The Morgan fingerprint density at radius 1 is 0.357 bits per heavy atom. The van der Waals surface area contributed by atoms with E-state index in [2.05, 4.69) is 217 Å². The third-order valence-corrected chi connectivity index (χ3v) is 18.0. The van der Waals surface area contributed by atoms with E-state index in [-0.39, 0.29) is 10.8 Å². The van der Waals surface area contributed by atoms with Gasteiger partial charge in [-0.1, -0.05) is 240 Å². The zero-order chi connectivity index (χ0) is 39.2. The van der Waals surface area contributed by atoms with Crippen molar-refractivity contribution in [3.8, 4) is 0 Å². The van der Waals surface area contributed by atoms with Gasteiger partial charge in [0.1, 0.15) is 11.4 Å². The second-order valence-electron chi connectivity index (χ2n) is 16.3. The summed E-state index contributed by atoms with van der Waals surface area (Å²) in [7, 11) is -6.43. The highest BCUT2D eigenvalue weighted by Gasteiger charge is 2.47. The molecule has 0 atom stereocenters. The first-order valence-corrected chi connectivity index (χ1v) is 23.2. The Labute approximate surface area is 334 Å². The lowest BCUT2D eigenvalue weighted by molar-refractivity contribution is 0.342. The van der Waals surface area contributed by atoms with Crippen molar-refractivity contribution in [2.75, 3.05) is 0 Å². The highest BCUT2D eigenvalue weighted by Crippen LogP contribution is 2.40. The quantitative estimate of drug-likeness (QED) is 0.0614. The number of oxime groups is 2. The molecule has 0 spiro atoms. The molecule has 0 radical (unpaired) electrons. The third kappa shape index (κ3) is 7.55. The average molecular weight is 767 g/mol. The minimum Gasteiger partial charge on any atom is -0.437 e. The van der Waals surface area contributed by atoms with Gasteiger partial charge >= 0.3 is 16.6 Å². The third-order valence-electron chi connectivity index (χ3n) is 10.4. The van der Waals surface area contributed by atoms with Gasteiger partial charge in [0, 0.05) is 0 Å². The molecule has 0 fully saturated rings. The first-order valence-electron chi connectivity index (χ1n) is 19.3. The van der Waals surface area contributed by atoms with Crippen LogP contribution >= 0.6 is 0 Å². The zero-order valence-corrected chi connectivity index (χ0v) is 35.2. The standard InChI is InChI=1S/C50H50N2O2Si2/c1-49(2,3)45-37-38-46(51-53-55(39-25-13-7-14-26-39,40-27-15-8-16-28-40)41-29-17-9-18-30-41)48(47(45)50(4,5)6)52-54-56(42-31-19-10-20-32-42,43-33-21-11-22-34-43)44-35-23-12-24-36-44/h7-38H,1-6H3. The Bertz CT molecular complexity index is 2150. The van der Waals surface area contributed by atoms with Crippen molar-refractivity contribution >= 4 is 59.2 Å². The van der Waals surface area contributed by atoms with Crippen molar-refractivity contribution < 1.29 is 9.05 Å². The Morgan fingerprint density at radius 3 is 0.911 bits per heavy atom. The Balaban J connectivity index is 1.50. The van der Waals surface area contributed by atoms with E-state index < -0.39 is 16.6 Å². The van der Waals surface area contributed by atoms with Gasteiger partial charge in [-0.25, -0.2) is 0 Å². The van der Waals surface area contributed by atoms with Crippen molar-refractivity contribution in [1.29, 1.82) is 0 Å². The molecule has 0 saturated carbocycles. The molecule has 56 heavy (non-hydrogen) atoms. The number of hydrogen-bond donors (Lipinski definition) is 0. The van der Waals surface area contributed by atoms with Crippen LogP contribution < -0.4 is 31.1 Å². The molecule has 6 heteroatoms. The lowest BCUT2D eigenvalue weighted by atomic mass is 9.70. The summed E-state index contributed by atoms with van der Waals surface area (Å²) < 4.78 is 14.6. The van der Waals surface area contributed by atoms with Crippen LogP contribution in [0.5, 0.6) is 0 Å². The molecule has 1 aliphatic rings. The van der Waals surface area contributed by atoms with Gasteiger partial charge in [-0.2, -0.15) is 0 Å². The van der Waals surface area contributed by atoms with Crippen LogP contribution in [0, 0.1) is 10.8 Å². The summed E-state index contributed by atoms with van der Waals surface area (Å²) in [5, 5.41) is 17.2. The van der Waals surface area contributed by atoms with Gasteiger partial charge in [0.2, 0.25) is 0 Å². The number of nitrogens with zero attached hydrogens (tertiary/aromatic N) is 2. The van der Waals surface area contributed by atoms with Crippen LogP contribution in [0.4, 0.5) is 0 Å². The van der Waals surface area contributed by atoms with Crippen molar-refractivity contribution in [3.05, 3.63) is 205 Å². The minimum atomic E-state index is -3.23. The van der Waals surface area contributed by atoms with Crippen molar-refractivity contribution in [1.82, 2.24) is 0 Å².